The van der Waals surface area contributed by atoms with Gasteiger partial charge in [-0.1, -0.05) is 18.2 Å². The minimum atomic E-state index is -4.43. The molecule has 1 amide bonds. The highest BCUT2D eigenvalue weighted by atomic mass is 19.4. The van der Waals surface area contributed by atoms with Gasteiger partial charge >= 0.3 is 6.18 Å². The Morgan fingerprint density at radius 1 is 1.07 bits per heavy atom. The topological polar surface area (TPSA) is 49.6 Å². The molecule has 0 aromatic heterocycles. The maximum absolute atomic E-state index is 13.2. The maximum Gasteiger partial charge on any atom is 0.416 e. The number of alkyl halides is 3. The van der Waals surface area contributed by atoms with Crippen LogP contribution in [-0.2, 0) is 12.7 Å². The molecule has 1 fully saturated rings. The van der Waals surface area contributed by atoms with E-state index in [9.17, 15) is 18.0 Å². The number of nitrogens with two attached hydrogens (primary N) is 1. The van der Waals surface area contributed by atoms with Crippen LogP contribution in [0.4, 0.5) is 13.2 Å². The van der Waals surface area contributed by atoms with Gasteiger partial charge < -0.3 is 10.6 Å². The normalized spacial score (nSPS) is 16.4. The maximum atomic E-state index is 13.2. The zero-order valence-electron chi connectivity index (χ0n) is 15.1. The average Bonchev–Trinajstić information content (AvgIpc) is 2.63. The van der Waals surface area contributed by atoms with E-state index in [4.69, 9.17) is 5.73 Å². The van der Waals surface area contributed by atoms with Crippen LogP contribution < -0.4 is 5.73 Å². The third-order valence-corrected chi connectivity index (χ3v) is 4.89. The first-order chi connectivity index (χ1) is 12.7. The van der Waals surface area contributed by atoms with Crippen LogP contribution in [0.5, 0.6) is 0 Å². The molecule has 0 spiro atoms. The Morgan fingerprint density at radius 3 is 2.41 bits per heavy atom. The Labute approximate surface area is 156 Å². The molecule has 0 radical (unpaired) electrons. The molecule has 2 N–H and O–H groups in total. The van der Waals surface area contributed by atoms with Crippen molar-refractivity contribution in [1.29, 1.82) is 0 Å². The minimum Gasteiger partial charge on any atom is -0.366 e. The molecule has 1 heterocycles. The van der Waals surface area contributed by atoms with Crippen LogP contribution >= 0.6 is 0 Å². The van der Waals surface area contributed by atoms with Gasteiger partial charge in [-0.15, -0.1) is 0 Å². The SMILES string of the molecule is CN1CCN(Cc2ccc(C(F)(F)F)cc2-c2cccc(C(N)=O)c2)CC1. The van der Waals surface area contributed by atoms with E-state index in [2.05, 4.69) is 16.8 Å². The lowest BCUT2D eigenvalue weighted by Crippen LogP contribution is -2.43. The van der Waals surface area contributed by atoms with Gasteiger partial charge in [0.1, 0.15) is 0 Å². The smallest absolute Gasteiger partial charge is 0.366 e. The quantitative estimate of drug-likeness (QED) is 0.890. The molecule has 2 aromatic rings. The van der Waals surface area contributed by atoms with Crippen molar-refractivity contribution in [3.8, 4) is 11.1 Å². The fourth-order valence-electron chi connectivity index (χ4n) is 3.25. The highest BCUT2D eigenvalue weighted by Gasteiger charge is 2.31. The molecule has 0 unspecified atom stereocenters. The molecular weight excluding hydrogens is 355 g/mol. The summed E-state index contributed by atoms with van der Waals surface area (Å²) in [5.41, 5.74) is 6.73. The number of benzene rings is 2. The second kappa shape index (κ2) is 7.70. The van der Waals surface area contributed by atoms with Crippen LogP contribution in [0.1, 0.15) is 21.5 Å². The van der Waals surface area contributed by atoms with Gasteiger partial charge in [-0.05, 0) is 48.0 Å². The van der Waals surface area contributed by atoms with Crippen molar-refractivity contribution < 1.29 is 18.0 Å². The number of rotatable bonds is 4. The number of hydrogen-bond donors (Lipinski definition) is 1. The summed E-state index contributed by atoms with van der Waals surface area (Å²) in [6, 6.07) is 10.3. The van der Waals surface area contributed by atoms with E-state index in [1.54, 1.807) is 24.3 Å². The molecule has 0 bridgehead atoms. The molecule has 4 nitrogen and oxygen atoms in total. The zero-order valence-corrected chi connectivity index (χ0v) is 15.1. The van der Waals surface area contributed by atoms with E-state index in [1.807, 2.05) is 0 Å². The van der Waals surface area contributed by atoms with Gasteiger partial charge in [0.15, 0.2) is 0 Å². The van der Waals surface area contributed by atoms with Gasteiger partial charge in [-0.2, -0.15) is 13.2 Å². The van der Waals surface area contributed by atoms with Gasteiger partial charge in [0, 0.05) is 38.3 Å². The summed E-state index contributed by atoms with van der Waals surface area (Å²) >= 11 is 0. The molecule has 0 atom stereocenters. The first-order valence-corrected chi connectivity index (χ1v) is 8.75. The Morgan fingerprint density at radius 2 is 1.78 bits per heavy atom. The molecule has 7 heteroatoms. The van der Waals surface area contributed by atoms with Crippen LogP contribution in [-0.4, -0.2) is 48.9 Å². The summed E-state index contributed by atoms with van der Waals surface area (Å²) in [7, 11) is 2.05. The third-order valence-electron chi connectivity index (χ3n) is 4.89. The number of piperazine rings is 1. The number of nitrogens with zero attached hydrogens (tertiary/aromatic N) is 2. The molecule has 1 saturated heterocycles. The third kappa shape index (κ3) is 4.67. The van der Waals surface area contributed by atoms with Gasteiger partial charge in [0.25, 0.3) is 0 Å². The second-order valence-electron chi connectivity index (χ2n) is 6.89. The van der Waals surface area contributed by atoms with Crippen LogP contribution in [0.25, 0.3) is 11.1 Å². The Balaban J connectivity index is 2.00. The Hall–Kier alpha value is -2.38. The molecule has 1 aliphatic rings. The average molecular weight is 377 g/mol. The molecule has 0 aliphatic carbocycles. The highest BCUT2D eigenvalue weighted by molar-refractivity contribution is 5.94. The van der Waals surface area contributed by atoms with Crippen molar-refractivity contribution in [2.24, 2.45) is 5.73 Å². The lowest BCUT2D eigenvalue weighted by molar-refractivity contribution is -0.137. The lowest BCUT2D eigenvalue weighted by Gasteiger charge is -2.33. The van der Waals surface area contributed by atoms with Gasteiger partial charge in [-0.25, -0.2) is 0 Å². The van der Waals surface area contributed by atoms with Crippen molar-refractivity contribution in [1.82, 2.24) is 9.80 Å². The molecule has 27 heavy (non-hydrogen) atoms. The molecule has 2 aromatic carbocycles. The predicted octanol–water partition coefficient (Wildman–Crippen LogP) is 3.22. The van der Waals surface area contributed by atoms with E-state index >= 15 is 0 Å². The Bertz CT molecular complexity index is 827. The van der Waals surface area contributed by atoms with Crippen molar-refractivity contribution in [2.75, 3.05) is 33.2 Å². The van der Waals surface area contributed by atoms with E-state index in [-0.39, 0.29) is 5.56 Å². The number of carbonyl (C=O) groups excluding carboxylic acids is 1. The fraction of sp³-hybridized carbons (Fsp3) is 0.350. The molecule has 3 rings (SSSR count). The monoisotopic (exact) mass is 377 g/mol. The van der Waals surface area contributed by atoms with Crippen molar-refractivity contribution in [2.45, 2.75) is 12.7 Å². The van der Waals surface area contributed by atoms with Gasteiger partial charge in [-0.3, -0.25) is 9.69 Å². The van der Waals surface area contributed by atoms with Crippen LogP contribution in [0.15, 0.2) is 42.5 Å². The standard InChI is InChI=1S/C20H22F3N3O/c1-25-7-9-26(10-8-25)13-16-5-6-17(20(21,22)23)12-18(16)14-3-2-4-15(11-14)19(24)27/h2-6,11-12H,7-10,13H2,1H3,(H2,24,27). The van der Waals surface area contributed by atoms with E-state index in [0.29, 0.717) is 17.7 Å². The number of halogens is 3. The second-order valence-corrected chi connectivity index (χ2v) is 6.89. The number of primary amides is 1. The van der Waals surface area contributed by atoms with E-state index in [0.717, 1.165) is 43.9 Å². The summed E-state index contributed by atoms with van der Waals surface area (Å²) in [6.07, 6.45) is -4.43. The summed E-state index contributed by atoms with van der Waals surface area (Å²) in [6.45, 7) is 4.12. The summed E-state index contributed by atoms with van der Waals surface area (Å²) in [5.74, 6) is -0.607. The van der Waals surface area contributed by atoms with E-state index in [1.165, 1.54) is 6.07 Å². The Kier molecular flexibility index (Phi) is 5.53. The predicted molar refractivity (Wildman–Crippen MR) is 98.2 cm³/mol. The summed E-state index contributed by atoms with van der Waals surface area (Å²) < 4.78 is 39.7. The molecule has 144 valence electrons. The fourth-order valence-corrected chi connectivity index (χ4v) is 3.25. The van der Waals surface area contributed by atoms with Crippen molar-refractivity contribution in [3.63, 3.8) is 0 Å². The van der Waals surface area contributed by atoms with E-state index < -0.39 is 17.6 Å². The van der Waals surface area contributed by atoms with Gasteiger partial charge in [0.2, 0.25) is 5.91 Å². The molecular formula is C20H22F3N3O. The lowest BCUT2D eigenvalue weighted by atomic mass is 9.95. The summed E-state index contributed by atoms with van der Waals surface area (Å²) in [5, 5.41) is 0. The largest absolute Gasteiger partial charge is 0.416 e. The van der Waals surface area contributed by atoms with Crippen LogP contribution in [0.3, 0.4) is 0 Å². The number of carbonyl (C=O) groups is 1. The summed E-state index contributed by atoms with van der Waals surface area (Å²) in [4.78, 5) is 15.9. The van der Waals surface area contributed by atoms with Crippen molar-refractivity contribution >= 4 is 5.91 Å². The highest BCUT2D eigenvalue weighted by Crippen LogP contribution is 2.35. The minimum absolute atomic E-state index is 0.274. The van der Waals surface area contributed by atoms with Crippen molar-refractivity contribution in [3.05, 3.63) is 59.2 Å². The van der Waals surface area contributed by atoms with Crippen LogP contribution in [0.2, 0.25) is 0 Å². The first-order valence-electron chi connectivity index (χ1n) is 8.75. The molecule has 0 saturated carbocycles. The number of hydrogen-bond acceptors (Lipinski definition) is 3. The number of amides is 1. The van der Waals surface area contributed by atoms with Crippen LogP contribution in [0, 0.1) is 0 Å². The first kappa shape index (κ1) is 19.4. The number of likely N-dealkylation sites (N-methyl/N-ethyl adjacent to an activating group) is 1. The van der Waals surface area contributed by atoms with Gasteiger partial charge in [0.05, 0.1) is 5.56 Å². The molecule has 1 aliphatic heterocycles. The zero-order chi connectivity index (χ0) is 19.6.